The van der Waals surface area contributed by atoms with Crippen molar-refractivity contribution in [3.63, 3.8) is 0 Å². The smallest absolute Gasteiger partial charge is 0.334 e. The molecule has 0 bridgehead atoms. The zero-order chi connectivity index (χ0) is 11.3. The molecule has 82 valence electrons. The zero-order valence-corrected chi connectivity index (χ0v) is 8.06. The number of carbonyl (C=O) groups excluding carboxylic acids is 1. The van der Waals surface area contributed by atoms with Crippen molar-refractivity contribution in [3.8, 4) is 0 Å². The first-order chi connectivity index (χ1) is 7.09. The molecular weight excluding hydrogens is 226 g/mol. The molecule has 0 fully saturated rings. The molecule has 0 aromatic carbocycles. The van der Waals surface area contributed by atoms with Gasteiger partial charge in [0.25, 0.3) is 0 Å². The molecule has 0 saturated heterocycles. The van der Waals surface area contributed by atoms with Crippen LogP contribution in [-0.4, -0.2) is 49.7 Å². The highest BCUT2D eigenvalue weighted by Gasteiger charge is 2.14. The van der Waals surface area contributed by atoms with E-state index in [1.165, 1.54) is 0 Å². The van der Waals surface area contributed by atoms with Gasteiger partial charge in [0.05, 0.1) is 6.54 Å². The van der Waals surface area contributed by atoms with Gasteiger partial charge in [-0.15, -0.1) is 0 Å². The highest BCUT2D eigenvalue weighted by molar-refractivity contribution is 7.09. The van der Waals surface area contributed by atoms with E-state index in [0.29, 0.717) is 0 Å². The van der Waals surface area contributed by atoms with Crippen LogP contribution in [0, 0.1) is 0 Å². The molecule has 0 spiro atoms. The van der Waals surface area contributed by atoms with Gasteiger partial charge < -0.3 is 15.5 Å². The fraction of sp³-hybridized carbons (Fsp3) is 0.400. The Morgan fingerprint density at radius 1 is 1.53 bits per heavy atom. The summed E-state index contributed by atoms with van der Waals surface area (Å²) in [6.45, 7) is -0.395. The standard InChI is InChI=1S/C5H7N5O4S/c11-2(3(12)13)1-6-4(14)7-5-8-9-10-15-5/h2,11H,1H2,(H,12,13)(H2,6,7,8,10,14)/t2-/m0/s1. The summed E-state index contributed by atoms with van der Waals surface area (Å²) in [5.41, 5.74) is 0. The van der Waals surface area contributed by atoms with Crippen molar-refractivity contribution in [2.75, 3.05) is 11.9 Å². The number of nitrogens with one attached hydrogen (secondary N) is 2. The van der Waals surface area contributed by atoms with E-state index in [1.54, 1.807) is 0 Å². The fourth-order valence-corrected chi connectivity index (χ4v) is 0.962. The Morgan fingerprint density at radius 3 is 2.80 bits per heavy atom. The van der Waals surface area contributed by atoms with E-state index in [2.05, 4.69) is 25.4 Å². The Bertz CT molecular complexity index is 341. The molecule has 1 aromatic heterocycles. The Kier molecular flexibility index (Phi) is 3.88. The Morgan fingerprint density at radius 2 is 2.27 bits per heavy atom. The van der Waals surface area contributed by atoms with Gasteiger partial charge in [-0.2, -0.15) is 0 Å². The average molecular weight is 233 g/mol. The number of hydrogen-bond donors (Lipinski definition) is 4. The molecule has 1 atom stereocenters. The van der Waals surface area contributed by atoms with Crippen molar-refractivity contribution in [2.45, 2.75) is 6.10 Å². The van der Waals surface area contributed by atoms with Crippen LogP contribution in [0.3, 0.4) is 0 Å². The minimum atomic E-state index is -1.64. The molecule has 10 heteroatoms. The first-order valence-corrected chi connectivity index (χ1v) is 4.47. The van der Waals surface area contributed by atoms with E-state index < -0.39 is 24.6 Å². The van der Waals surface area contributed by atoms with Crippen molar-refractivity contribution in [3.05, 3.63) is 0 Å². The van der Waals surface area contributed by atoms with Gasteiger partial charge in [0.1, 0.15) is 0 Å². The molecule has 0 unspecified atom stereocenters. The second-order valence-corrected chi connectivity index (χ2v) is 3.09. The lowest BCUT2D eigenvalue weighted by Crippen LogP contribution is -2.38. The van der Waals surface area contributed by atoms with Crippen molar-refractivity contribution in [2.24, 2.45) is 0 Å². The molecule has 0 aliphatic carbocycles. The van der Waals surface area contributed by atoms with Crippen LogP contribution in [0.25, 0.3) is 0 Å². The van der Waals surface area contributed by atoms with Crippen molar-refractivity contribution in [1.29, 1.82) is 0 Å². The number of aliphatic hydroxyl groups excluding tert-OH is 1. The molecule has 0 radical (unpaired) electrons. The number of nitrogens with zero attached hydrogens (tertiary/aromatic N) is 3. The molecule has 1 heterocycles. The summed E-state index contributed by atoms with van der Waals surface area (Å²) in [6.07, 6.45) is -1.64. The summed E-state index contributed by atoms with van der Waals surface area (Å²) in [4.78, 5) is 21.2. The van der Waals surface area contributed by atoms with Gasteiger partial charge in [-0.25, -0.2) is 9.59 Å². The van der Waals surface area contributed by atoms with Gasteiger partial charge in [-0.1, -0.05) is 9.59 Å². The van der Waals surface area contributed by atoms with E-state index in [-0.39, 0.29) is 5.13 Å². The van der Waals surface area contributed by atoms with Crippen LogP contribution in [0.5, 0.6) is 0 Å². The Labute approximate surface area is 87.3 Å². The van der Waals surface area contributed by atoms with Gasteiger partial charge in [0, 0.05) is 11.5 Å². The maximum absolute atomic E-state index is 11.0. The number of rotatable bonds is 4. The van der Waals surface area contributed by atoms with Gasteiger partial charge in [-0.05, 0) is 5.21 Å². The highest BCUT2D eigenvalue weighted by Crippen LogP contribution is 2.03. The van der Waals surface area contributed by atoms with Gasteiger partial charge in [0.2, 0.25) is 5.13 Å². The van der Waals surface area contributed by atoms with E-state index in [1.807, 2.05) is 0 Å². The first-order valence-electron chi connectivity index (χ1n) is 3.70. The van der Waals surface area contributed by atoms with Gasteiger partial charge in [-0.3, -0.25) is 5.32 Å². The normalized spacial score (nSPS) is 11.8. The third-order valence-electron chi connectivity index (χ3n) is 1.26. The second-order valence-electron chi connectivity index (χ2n) is 2.36. The lowest BCUT2D eigenvalue weighted by atomic mass is 10.4. The third kappa shape index (κ3) is 3.83. The molecule has 0 aliphatic rings. The summed E-state index contributed by atoms with van der Waals surface area (Å²) < 4.78 is 3.39. The number of carbonyl (C=O) groups is 2. The van der Waals surface area contributed by atoms with Crippen LogP contribution in [0.4, 0.5) is 9.93 Å². The summed E-state index contributed by atoms with van der Waals surface area (Å²) in [5.74, 6) is -1.41. The van der Waals surface area contributed by atoms with E-state index in [9.17, 15) is 9.59 Å². The summed E-state index contributed by atoms with van der Waals surface area (Å²) >= 11 is 0.869. The largest absolute Gasteiger partial charge is 0.479 e. The van der Waals surface area contributed by atoms with E-state index in [4.69, 9.17) is 10.2 Å². The van der Waals surface area contributed by atoms with Crippen LogP contribution in [0.2, 0.25) is 0 Å². The van der Waals surface area contributed by atoms with Crippen molar-refractivity contribution >= 4 is 28.7 Å². The number of carboxylic acids is 1. The molecule has 15 heavy (non-hydrogen) atoms. The van der Waals surface area contributed by atoms with Gasteiger partial charge in [0.15, 0.2) is 6.10 Å². The molecule has 2 amide bonds. The number of aromatic nitrogens is 3. The molecule has 4 N–H and O–H groups in total. The maximum Gasteiger partial charge on any atom is 0.334 e. The van der Waals surface area contributed by atoms with Crippen molar-refractivity contribution < 1.29 is 19.8 Å². The number of aliphatic carboxylic acids is 1. The predicted molar refractivity (Wildman–Crippen MR) is 48.4 cm³/mol. The molecule has 1 aromatic rings. The minimum absolute atomic E-state index is 0.178. The molecular formula is C5H7N5O4S. The Hall–Kier alpha value is -1.81. The quantitative estimate of drug-likeness (QED) is 0.496. The molecule has 9 nitrogen and oxygen atoms in total. The number of urea groups is 1. The Balaban J connectivity index is 2.28. The van der Waals surface area contributed by atoms with Crippen LogP contribution in [-0.2, 0) is 4.79 Å². The molecule has 0 aliphatic heterocycles. The van der Waals surface area contributed by atoms with Crippen molar-refractivity contribution in [1.82, 2.24) is 20.1 Å². The zero-order valence-electron chi connectivity index (χ0n) is 7.25. The van der Waals surface area contributed by atoms with Crippen LogP contribution >= 0.6 is 11.5 Å². The number of amides is 2. The monoisotopic (exact) mass is 233 g/mol. The number of anilines is 1. The molecule has 0 saturated carbocycles. The highest BCUT2D eigenvalue weighted by atomic mass is 32.1. The average Bonchev–Trinajstić information content (AvgIpc) is 2.66. The number of carboxylic acid groups (broad SMARTS) is 1. The summed E-state index contributed by atoms with van der Waals surface area (Å²) in [6, 6.07) is -0.686. The van der Waals surface area contributed by atoms with Crippen LogP contribution in [0.1, 0.15) is 0 Å². The SMILES string of the molecule is O=C(NC[C@H](O)C(=O)O)Nc1nnns1. The van der Waals surface area contributed by atoms with Crippen LogP contribution < -0.4 is 10.6 Å². The van der Waals surface area contributed by atoms with Crippen LogP contribution in [0.15, 0.2) is 0 Å². The lowest BCUT2D eigenvalue weighted by molar-refractivity contribution is -0.146. The van der Waals surface area contributed by atoms with E-state index in [0.717, 1.165) is 11.5 Å². The third-order valence-corrected chi connectivity index (χ3v) is 1.77. The molecule has 1 rings (SSSR count). The number of hydrogen-bond acceptors (Lipinski definition) is 7. The minimum Gasteiger partial charge on any atom is -0.479 e. The van der Waals surface area contributed by atoms with Gasteiger partial charge >= 0.3 is 12.0 Å². The maximum atomic E-state index is 11.0. The second kappa shape index (κ2) is 5.17. The summed E-state index contributed by atoms with van der Waals surface area (Å²) in [5, 5.41) is 28.3. The fourth-order valence-electron chi connectivity index (χ4n) is 0.600. The lowest BCUT2D eigenvalue weighted by Gasteiger charge is -2.06. The number of aliphatic hydroxyl groups is 1. The topological polar surface area (TPSA) is 137 Å². The summed E-state index contributed by atoms with van der Waals surface area (Å²) in [7, 11) is 0. The van der Waals surface area contributed by atoms with E-state index >= 15 is 0 Å². The first kappa shape index (κ1) is 11.3. The predicted octanol–water partition coefficient (Wildman–Crippen LogP) is -1.50.